The van der Waals surface area contributed by atoms with E-state index in [9.17, 15) is 0 Å². The van der Waals surface area contributed by atoms with Gasteiger partial charge in [-0.3, -0.25) is 0 Å². The lowest BCUT2D eigenvalue weighted by molar-refractivity contribution is -0.249. The fourth-order valence-electron chi connectivity index (χ4n) is 4.01. The molecule has 0 N–H and O–H groups in total. The molecule has 128 valence electrons. The summed E-state index contributed by atoms with van der Waals surface area (Å²) in [5.41, 5.74) is 1.04. The smallest absolute Gasteiger partial charge is 0.190 e. The monoisotopic (exact) mass is 322 g/mol. The molecule has 3 heterocycles. The van der Waals surface area contributed by atoms with Crippen LogP contribution in [0.1, 0.15) is 57.4 Å². The molecular weight excluding hydrogens is 296 g/mol. The van der Waals surface area contributed by atoms with Crippen LogP contribution in [0.25, 0.3) is 0 Å². The standard InChI is InChI=1S/C18H26O5/c1-2-6-14-15(20-12-13-7-10-19-11-13)16-17(21-14)23-18(22-16)8-4-3-5-9-18/h7,10-11,14-17H,2-6,8-9,12H2,1H3/t14-,15+,16-,17-/m1/s1. The molecule has 1 spiro atoms. The topological polar surface area (TPSA) is 50.1 Å². The zero-order valence-electron chi connectivity index (χ0n) is 13.7. The number of hydrogen-bond donors (Lipinski definition) is 0. The maximum absolute atomic E-state index is 6.38. The van der Waals surface area contributed by atoms with Crippen molar-refractivity contribution in [2.75, 3.05) is 0 Å². The van der Waals surface area contributed by atoms with Crippen molar-refractivity contribution in [3.05, 3.63) is 24.2 Å². The number of hydrogen-bond acceptors (Lipinski definition) is 5. The Morgan fingerprint density at radius 2 is 2.09 bits per heavy atom. The Morgan fingerprint density at radius 3 is 2.83 bits per heavy atom. The number of furan rings is 1. The van der Waals surface area contributed by atoms with E-state index < -0.39 is 5.79 Å². The van der Waals surface area contributed by atoms with Crippen molar-refractivity contribution >= 4 is 0 Å². The molecule has 1 aromatic heterocycles. The molecule has 0 bridgehead atoms. The Hall–Kier alpha value is -0.880. The molecule has 0 radical (unpaired) electrons. The van der Waals surface area contributed by atoms with Crippen LogP contribution in [0.4, 0.5) is 0 Å². The summed E-state index contributed by atoms with van der Waals surface area (Å²) in [6, 6.07) is 1.93. The van der Waals surface area contributed by atoms with E-state index in [1.54, 1.807) is 12.5 Å². The van der Waals surface area contributed by atoms with Crippen molar-refractivity contribution in [2.24, 2.45) is 0 Å². The molecule has 5 heteroatoms. The van der Waals surface area contributed by atoms with Gasteiger partial charge in [0.05, 0.1) is 25.2 Å². The van der Waals surface area contributed by atoms with Crippen LogP contribution < -0.4 is 0 Å². The molecule has 2 saturated heterocycles. The maximum atomic E-state index is 6.38. The van der Waals surface area contributed by atoms with Gasteiger partial charge in [0, 0.05) is 18.4 Å². The van der Waals surface area contributed by atoms with Crippen LogP contribution in [0.3, 0.4) is 0 Å². The second kappa shape index (κ2) is 6.55. The van der Waals surface area contributed by atoms with E-state index in [0.29, 0.717) is 6.61 Å². The molecule has 4 atom stereocenters. The van der Waals surface area contributed by atoms with E-state index in [1.807, 2.05) is 6.07 Å². The van der Waals surface area contributed by atoms with Crippen LogP contribution in [0.15, 0.2) is 23.0 Å². The zero-order chi connectivity index (χ0) is 15.7. The van der Waals surface area contributed by atoms with E-state index in [0.717, 1.165) is 31.2 Å². The molecule has 4 rings (SSSR count). The minimum absolute atomic E-state index is 0.0443. The summed E-state index contributed by atoms with van der Waals surface area (Å²) in [5.74, 6) is -0.429. The zero-order valence-corrected chi connectivity index (χ0v) is 13.7. The SMILES string of the molecule is CCC[C@H]1O[C@@H]2OC3(CCCCC3)O[C@@H]2[C@H]1OCc1ccoc1. The molecule has 3 aliphatic rings. The fraction of sp³-hybridized carbons (Fsp3) is 0.778. The maximum Gasteiger partial charge on any atom is 0.190 e. The van der Waals surface area contributed by atoms with Crippen molar-refractivity contribution in [1.82, 2.24) is 0 Å². The largest absolute Gasteiger partial charge is 0.472 e. The summed E-state index contributed by atoms with van der Waals surface area (Å²) < 4.78 is 30.0. The van der Waals surface area contributed by atoms with E-state index >= 15 is 0 Å². The molecule has 1 aromatic rings. The Bertz CT molecular complexity index is 494. The average molecular weight is 322 g/mol. The lowest BCUT2D eigenvalue weighted by Gasteiger charge is -2.34. The third-order valence-corrected chi connectivity index (χ3v) is 5.16. The molecule has 0 aromatic carbocycles. The van der Waals surface area contributed by atoms with Crippen LogP contribution in [0.2, 0.25) is 0 Å². The molecule has 0 amide bonds. The Morgan fingerprint density at radius 1 is 1.22 bits per heavy atom. The summed E-state index contributed by atoms with van der Waals surface area (Å²) in [6.07, 6.45) is 10.5. The van der Waals surface area contributed by atoms with Gasteiger partial charge in [0.15, 0.2) is 12.1 Å². The first-order valence-electron chi connectivity index (χ1n) is 8.93. The first kappa shape index (κ1) is 15.6. The summed E-state index contributed by atoms with van der Waals surface area (Å²) >= 11 is 0. The number of ether oxygens (including phenoxy) is 4. The summed E-state index contributed by atoms with van der Waals surface area (Å²) in [5, 5.41) is 0. The first-order chi connectivity index (χ1) is 11.3. The summed E-state index contributed by atoms with van der Waals surface area (Å²) in [6.45, 7) is 2.68. The van der Waals surface area contributed by atoms with Gasteiger partial charge in [-0.1, -0.05) is 19.8 Å². The van der Waals surface area contributed by atoms with Crippen molar-refractivity contribution in [1.29, 1.82) is 0 Å². The molecule has 2 aliphatic heterocycles. The van der Waals surface area contributed by atoms with Crippen LogP contribution in [-0.4, -0.2) is 30.4 Å². The van der Waals surface area contributed by atoms with Crippen molar-refractivity contribution in [2.45, 2.75) is 88.9 Å². The third kappa shape index (κ3) is 3.07. The predicted octanol–water partition coefficient (Wildman–Crippen LogP) is 3.77. The van der Waals surface area contributed by atoms with E-state index in [1.165, 1.54) is 19.3 Å². The van der Waals surface area contributed by atoms with Crippen LogP contribution >= 0.6 is 0 Å². The van der Waals surface area contributed by atoms with Gasteiger partial charge in [-0.05, 0) is 25.3 Å². The lowest BCUT2D eigenvalue weighted by atomic mass is 9.94. The van der Waals surface area contributed by atoms with Gasteiger partial charge in [0.2, 0.25) is 0 Å². The second-order valence-corrected chi connectivity index (χ2v) is 6.91. The molecular formula is C18H26O5. The molecule has 0 unspecified atom stereocenters. The van der Waals surface area contributed by atoms with Gasteiger partial charge in [0.1, 0.15) is 12.2 Å². The first-order valence-corrected chi connectivity index (χ1v) is 8.93. The Kier molecular flexibility index (Phi) is 4.46. The van der Waals surface area contributed by atoms with Gasteiger partial charge in [0.25, 0.3) is 0 Å². The van der Waals surface area contributed by atoms with Crippen LogP contribution in [-0.2, 0) is 25.6 Å². The highest BCUT2D eigenvalue weighted by Crippen LogP contribution is 2.46. The van der Waals surface area contributed by atoms with Gasteiger partial charge in [-0.25, -0.2) is 0 Å². The Labute approximate surface area is 137 Å². The highest BCUT2D eigenvalue weighted by molar-refractivity contribution is 5.04. The van der Waals surface area contributed by atoms with Crippen LogP contribution in [0, 0.1) is 0 Å². The molecule has 3 fully saturated rings. The molecule has 5 nitrogen and oxygen atoms in total. The highest BCUT2D eigenvalue weighted by atomic mass is 16.8. The fourth-order valence-corrected chi connectivity index (χ4v) is 4.01. The molecule has 23 heavy (non-hydrogen) atoms. The summed E-state index contributed by atoms with van der Waals surface area (Å²) in [7, 11) is 0. The quantitative estimate of drug-likeness (QED) is 0.826. The van der Waals surface area contributed by atoms with Gasteiger partial charge in [-0.2, -0.15) is 0 Å². The van der Waals surface area contributed by atoms with Crippen molar-refractivity contribution in [3.63, 3.8) is 0 Å². The van der Waals surface area contributed by atoms with Gasteiger partial charge >= 0.3 is 0 Å². The molecule has 1 saturated carbocycles. The predicted molar refractivity (Wildman–Crippen MR) is 82.6 cm³/mol. The second-order valence-electron chi connectivity index (χ2n) is 6.91. The van der Waals surface area contributed by atoms with E-state index in [-0.39, 0.29) is 24.6 Å². The molecule has 1 aliphatic carbocycles. The highest BCUT2D eigenvalue weighted by Gasteiger charge is 2.58. The normalized spacial score (nSPS) is 35.7. The van der Waals surface area contributed by atoms with E-state index in [4.69, 9.17) is 23.4 Å². The lowest BCUT2D eigenvalue weighted by Crippen LogP contribution is -2.39. The number of rotatable bonds is 5. The van der Waals surface area contributed by atoms with E-state index in [2.05, 4.69) is 6.92 Å². The third-order valence-electron chi connectivity index (χ3n) is 5.16. The van der Waals surface area contributed by atoms with Gasteiger partial charge < -0.3 is 23.4 Å². The average Bonchev–Trinajstić information content (AvgIpc) is 3.23. The minimum atomic E-state index is -0.429. The minimum Gasteiger partial charge on any atom is -0.472 e. The van der Waals surface area contributed by atoms with Crippen molar-refractivity contribution in [3.8, 4) is 0 Å². The van der Waals surface area contributed by atoms with Gasteiger partial charge in [-0.15, -0.1) is 0 Å². The Balaban J connectivity index is 1.45. The van der Waals surface area contributed by atoms with Crippen molar-refractivity contribution < 1.29 is 23.4 Å². The summed E-state index contributed by atoms with van der Waals surface area (Å²) in [4.78, 5) is 0. The number of fused-ring (bicyclic) bond motifs is 1. The van der Waals surface area contributed by atoms with Crippen LogP contribution in [0.5, 0.6) is 0 Å².